The summed E-state index contributed by atoms with van der Waals surface area (Å²) in [6.45, 7) is 2.99. The number of carbonyl (C=O) groups is 3. The molecule has 0 radical (unpaired) electrons. The zero-order chi connectivity index (χ0) is 22.5. The Morgan fingerprint density at radius 1 is 0.906 bits per heavy atom. The van der Waals surface area contributed by atoms with Gasteiger partial charge in [0, 0.05) is 35.9 Å². The lowest BCUT2D eigenvalue weighted by atomic mass is 10.0. The summed E-state index contributed by atoms with van der Waals surface area (Å²) >= 11 is 0. The van der Waals surface area contributed by atoms with E-state index in [9.17, 15) is 14.4 Å². The number of anilines is 1. The molecule has 1 aliphatic heterocycles. The SMILES string of the molecule is Cc1ccc(C(=O)NC2CCN(C(=O)c3ccco3)CC2)cc1NC(=O)c1ccccc1. The van der Waals surface area contributed by atoms with Crippen molar-refractivity contribution < 1.29 is 18.8 Å². The van der Waals surface area contributed by atoms with Gasteiger partial charge in [-0.3, -0.25) is 14.4 Å². The van der Waals surface area contributed by atoms with Gasteiger partial charge in [0.1, 0.15) is 0 Å². The first-order valence-corrected chi connectivity index (χ1v) is 10.6. The number of furan rings is 1. The number of amides is 3. The lowest BCUT2D eigenvalue weighted by Gasteiger charge is -2.32. The third-order valence-corrected chi connectivity index (χ3v) is 5.63. The Balaban J connectivity index is 1.35. The summed E-state index contributed by atoms with van der Waals surface area (Å²) < 4.78 is 5.18. The van der Waals surface area contributed by atoms with Crippen LogP contribution < -0.4 is 10.6 Å². The van der Waals surface area contributed by atoms with E-state index in [1.54, 1.807) is 53.4 Å². The second-order valence-corrected chi connectivity index (χ2v) is 7.87. The number of carbonyl (C=O) groups excluding carboxylic acids is 3. The molecule has 2 aromatic carbocycles. The number of likely N-dealkylation sites (tertiary alicyclic amines) is 1. The number of nitrogens with zero attached hydrogens (tertiary/aromatic N) is 1. The first-order chi connectivity index (χ1) is 15.5. The highest BCUT2D eigenvalue weighted by Crippen LogP contribution is 2.19. The smallest absolute Gasteiger partial charge is 0.289 e. The second-order valence-electron chi connectivity index (χ2n) is 7.87. The van der Waals surface area contributed by atoms with Gasteiger partial charge in [-0.1, -0.05) is 24.3 Å². The predicted molar refractivity (Wildman–Crippen MR) is 121 cm³/mol. The summed E-state index contributed by atoms with van der Waals surface area (Å²) in [5.41, 5.74) is 2.51. The molecule has 4 rings (SSSR count). The lowest BCUT2D eigenvalue weighted by Crippen LogP contribution is -2.46. The summed E-state index contributed by atoms with van der Waals surface area (Å²) in [5.74, 6) is -0.217. The van der Waals surface area contributed by atoms with Crippen LogP contribution in [0.3, 0.4) is 0 Å². The fourth-order valence-electron chi connectivity index (χ4n) is 3.73. The molecule has 7 heteroatoms. The molecule has 0 atom stereocenters. The van der Waals surface area contributed by atoms with Crippen molar-refractivity contribution in [2.75, 3.05) is 18.4 Å². The van der Waals surface area contributed by atoms with Crippen molar-refractivity contribution in [3.8, 4) is 0 Å². The van der Waals surface area contributed by atoms with Gasteiger partial charge in [-0.05, 0) is 61.7 Å². The molecule has 2 N–H and O–H groups in total. The second kappa shape index (κ2) is 9.51. The molecule has 2 heterocycles. The molecule has 1 fully saturated rings. The Bertz CT molecular complexity index is 1100. The highest BCUT2D eigenvalue weighted by Gasteiger charge is 2.26. The van der Waals surface area contributed by atoms with E-state index in [-0.39, 0.29) is 23.8 Å². The van der Waals surface area contributed by atoms with Crippen molar-refractivity contribution >= 4 is 23.4 Å². The largest absolute Gasteiger partial charge is 0.459 e. The Morgan fingerprint density at radius 2 is 1.66 bits per heavy atom. The van der Waals surface area contributed by atoms with Crippen LogP contribution in [0.25, 0.3) is 0 Å². The number of benzene rings is 2. The number of hydrogen-bond donors (Lipinski definition) is 2. The summed E-state index contributed by atoms with van der Waals surface area (Å²) in [5, 5.41) is 5.93. The number of hydrogen-bond acceptors (Lipinski definition) is 4. The number of aryl methyl sites for hydroxylation is 1. The Labute approximate surface area is 186 Å². The van der Waals surface area contributed by atoms with Crippen molar-refractivity contribution in [2.24, 2.45) is 0 Å². The van der Waals surface area contributed by atoms with Crippen molar-refractivity contribution in [1.29, 1.82) is 0 Å². The van der Waals surface area contributed by atoms with Crippen LogP contribution in [0.4, 0.5) is 5.69 Å². The first-order valence-electron chi connectivity index (χ1n) is 10.6. The van der Waals surface area contributed by atoms with Crippen LogP contribution in [0.15, 0.2) is 71.3 Å². The molecule has 3 aromatic rings. The first kappa shape index (κ1) is 21.4. The van der Waals surface area contributed by atoms with Crippen molar-refractivity contribution in [2.45, 2.75) is 25.8 Å². The molecule has 1 aliphatic rings. The average Bonchev–Trinajstić information content (AvgIpc) is 3.36. The molecule has 1 aromatic heterocycles. The van der Waals surface area contributed by atoms with Gasteiger partial charge in [-0.25, -0.2) is 0 Å². The van der Waals surface area contributed by atoms with Gasteiger partial charge in [0.2, 0.25) is 0 Å². The molecule has 1 saturated heterocycles. The maximum absolute atomic E-state index is 12.8. The van der Waals surface area contributed by atoms with E-state index in [0.29, 0.717) is 48.5 Å². The van der Waals surface area contributed by atoms with Crippen molar-refractivity contribution in [3.63, 3.8) is 0 Å². The van der Waals surface area contributed by atoms with E-state index in [4.69, 9.17) is 4.42 Å². The summed E-state index contributed by atoms with van der Waals surface area (Å²) in [6, 6.07) is 17.5. The van der Waals surface area contributed by atoms with Crippen LogP contribution >= 0.6 is 0 Å². The van der Waals surface area contributed by atoms with E-state index in [1.165, 1.54) is 6.26 Å². The summed E-state index contributed by atoms with van der Waals surface area (Å²) in [4.78, 5) is 39.4. The predicted octanol–water partition coefficient (Wildman–Crippen LogP) is 3.87. The quantitative estimate of drug-likeness (QED) is 0.641. The summed E-state index contributed by atoms with van der Waals surface area (Å²) in [6.07, 6.45) is 2.82. The molecule has 0 spiro atoms. The van der Waals surface area contributed by atoms with Crippen LogP contribution in [-0.4, -0.2) is 41.8 Å². The van der Waals surface area contributed by atoms with Gasteiger partial charge in [-0.15, -0.1) is 0 Å². The maximum Gasteiger partial charge on any atom is 0.289 e. The van der Waals surface area contributed by atoms with Gasteiger partial charge in [-0.2, -0.15) is 0 Å². The van der Waals surface area contributed by atoms with E-state index in [1.807, 2.05) is 19.1 Å². The van der Waals surface area contributed by atoms with Gasteiger partial charge >= 0.3 is 0 Å². The van der Waals surface area contributed by atoms with Crippen LogP contribution in [0.1, 0.15) is 49.7 Å². The third kappa shape index (κ3) is 4.88. The molecule has 164 valence electrons. The minimum Gasteiger partial charge on any atom is -0.459 e. The number of nitrogens with one attached hydrogen (secondary N) is 2. The van der Waals surface area contributed by atoms with E-state index < -0.39 is 0 Å². The molecule has 0 unspecified atom stereocenters. The summed E-state index contributed by atoms with van der Waals surface area (Å²) in [7, 11) is 0. The fourth-order valence-corrected chi connectivity index (χ4v) is 3.73. The zero-order valence-electron chi connectivity index (χ0n) is 17.8. The van der Waals surface area contributed by atoms with Gasteiger partial charge in [0.05, 0.1) is 6.26 Å². The van der Waals surface area contributed by atoms with E-state index in [2.05, 4.69) is 10.6 Å². The number of piperidine rings is 1. The van der Waals surface area contributed by atoms with Crippen LogP contribution in [0.5, 0.6) is 0 Å². The van der Waals surface area contributed by atoms with Gasteiger partial charge in [0.25, 0.3) is 17.7 Å². The lowest BCUT2D eigenvalue weighted by molar-refractivity contribution is 0.0667. The van der Waals surface area contributed by atoms with Gasteiger partial charge in [0.15, 0.2) is 5.76 Å². The Kier molecular flexibility index (Phi) is 6.35. The fraction of sp³-hybridized carbons (Fsp3) is 0.240. The van der Waals surface area contributed by atoms with E-state index in [0.717, 1.165) is 5.56 Å². The highest BCUT2D eigenvalue weighted by molar-refractivity contribution is 6.05. The third-order valence-electron chi connectivity index (χ3n) is 5.63. The zero-order valence-corrected chi connectivity index (χ0v) is 17.8. The molecule has 0 bridgehead atoms. The van der Waals surface area contributed by atoms with Crippen molar-refractivity contribution in [3.05, 3.63) is 89.4 Å². The Morgan fingerprint density at radius 3 is 2.34 bits per heavy atom. The monoisotopic (exact) mass is 431 g/mol. The standard InChI is InChI=1S/C25H25N3O4/c1-17-9-10-19(16-21(17)27-23(29)18-6-3-2-4-7-18)24(30)26-20-11-13-28(14-12-20)25(31)22-8-5-15-32-22/h2-10,15-16,20H,11-14H2,1H3,(H,26,30)(H,27,29). The van der Waals surface area contributed by atoms with Crippen molar-refractivity contribution in [1.82, 2.24) is 10.2 Å². The van der Waals surface area contributed by atoms with Crippen LogP contribution in [-0.2, 0) is 0 Å². The Hall–Kier alpha value is -3.87. The maximum atomic E-state index is 12.8. The molecule has 32 heavy (non-hydrogen) atoms. The molecular formula is C25H25N3O4. The molecule has 0 saturated carbocycles. The molecule has 7 nitrogen and oxygen atoms in total. The molecule has 0 aliphatic carbocycles. The van der Waals surface area contributed by atoms with Gasteiger partial charge < -0.3 is 20.0 Å². The number of rotatable bonds is 5. The molecule has 3 amide bonds. The normalized spacial score (nSPS) is 14.1. The van der Waals surface area contributed by atoms with Crippen LogP contribution in [0.2, 0.25) is 0 Å². The molecular weight excluding hydrogens is 406 g/mol. The minimum atomic E-state index is -0.222. The highest BCUT2D eigenvalue weighted by atomic mass is 16.3. The van der Waals surface area contributed by atoms with Crippen LogP contribution in [0, 0.1) is 6.92 Å². The minimum absolute atomic E-state index is 0.0215. The topological polar surface area (TPSA) is 91.7 Å². The average molecular weight is 431 g/mol. The van der Waals surface area contributed by atoms with E-state index >= 15 is 0 Å².